The molecule has 0 bridgehead atoms. The van der Waals surface area contributed by atoms with E-state index in [-0.39, 0.29) is 18.8 Å². The van der Waals surface area contributed by atoms with E-state index >= 15 is 0 Å². The van der Waals surface area contributed by atoms with E-state index in [1.165, 1.54) is 0 Å². The zero-order valence-electron chi connectivity index (χ0n) is 10.4. The van der Waals surface area contributed by atoms with E-state index in [4.69, 9.17) is 11.1 Å². The summed E-state index contributed by atoms with van der Waals surface area (Å²) in [5.41, 5.74) is 6.67. The number of hydrogen-bond donors (Lipinski definition) is 2. The monoisotopic (exact) mass is 271 g/mol. The molecule has 1 unspecified atom stereocenters. The number of nitrogens with zero attached hydrogens (tertiary/aromatic N) is 1. The Kier molecular flexibility index (Phi) is 3.68. The third-order valence-corrected chi connectivity index (χ3v) is 3.43. The molecule has 1 aliphatic heterocycles. The van der Waals surface area contributed by atoms with Crippen molar-refractivity contribution in [2.45, 2.75) is 19.0 Å². The van der Waals surface area contributed by atoms with Crippen molar-refractivity contribution in [3.05, 3.63) is 29.8 Å². The molecule has 0 amide bonds. The minimum absolute atomic E-state index is 0.00289. The summed E-state index contributed by atoms with van der Waals surface area (Å²) < 4.78 is 38.2. The molecule has 3 nitrogen and oxygen atoms in total. The van der Waals surface area contributed by atoms with Gasteiger partial charge in [-0.1, -0.05) is 0 Å². The van der Waals surface area contributed by atoms with Crippen LogP contribution < -0.4 is 10.6 Å². The van der Waals surface area contributed by atoms with Crippen molar-refractivity contribution in [2.75, 3.05) is 18.0 Å². The van der Waals surface area contributed by atoms with Crippen LogP contribution in [0.3, 0.4) is 0 Å². The Morgan fingerprint density at radius 2 is 1.89 bits per heavy atom. The molecule has 6 heteroatoms. The van der Waals surface area contributed by atoms with Crippen LogP contribution in [-0.2, 0) is 0 Å². The van der Waals surface area contributed by atoms with Gasteiger partial charge in [0.1, 0.15) is 5.84 Å². The lowest BCUT2D eigenvalue weighted by molar-refractivity contribution is -0.175. The van der Waals surface area contributed by atoms with E-state index < -0.39 is 12.1 Å². The van der Waals surface area contributed by atoms with E-state index in [1.54, 1.807) is 29.2 Å². The lowest BCUT2D eigenvalue weighted by atomic mass is 9.97. The zero-order valence-corrected chi connectivity index (χ0v) is 10.4. The van der Waals surface area contributed by atoms with Gasteiger partial charge in [-0.15, -0.1) is 0 Å². The Labute approximate surface area is 109 Å². The number of nitrogens with one attached hydrogen (secondary N) is 1. The number of hydrogen-bond acceptors (Lipinski definition) is 2. The first kappa shape index (κ1) is 13.7. The lowest BCUT2D eigenvalue weighted by Crippen LogP contribution is -2.41. The van der Waals surface area contributed by atoms with Crippen LogP contribution in [0.5, 0.6) is 0 Å². The highest BCUT2D eigenvalue weighted by Gasteiger charge is 2.41. The fraction of sp³-hybridized carbons (Fsp3) is 0.462. The topological polar surface area (TPSA) is 53.1 Å². The number of rotatable bonds is 2. The SMILES string of the molecule is N=C(N)c1ccc(N2CCCC(C(F)(F)F)C2)cc1. The number of nitrogens with two attached hydrogens (primary N) is 1. The van der Waals surface area contributed by atoms with E-state index in [1.807, 2.05) is 0 Å². The normalized spacial score (nSPS) is 20.4. The maximum Gasteiger partial charge on any atom is 0.393 e. The number of halogens is 3. The second-order valence-electron chi connectivity index (χ2n) is 4.79. The first-order valence-corrected chi connectivity index (χ1v) is 6.14. The Morgan fingerprint density at radius 1 is 1.26 bits per heavy atom. The summed E-state index contributed by atoms with van der Waals surface area (Å²) in [6, 6.07) is 6.76. The molecule has 3 N–H and O–H groups in total. The van der Waals surface area contributed by atoms with Crippen LogP contribution in [0.25, 0.3) is 0 Å². The van der Waals surface area contributed by atoms with Crippen molar-refractivity contribution in [2.24, 2.45) is 11.7 Å². The van der Waals surface area contributed by atoms with Crippen LogP contribution in [0.1, 0.15) is 18.4 Å². The van der Waals surface area contributed by atoms with Crippen molar-refractivity contribution in [3.8, 4) is 0 Å². The van der Waals surface area contributed by atoms with Crippen LogP contribution in [0, 0.1) is 11.3 Å². The van der Waals surface area contributed by atoms with Gasteiger partial charge in [0.05, 0.1) is 5.92 Å². The summed E-state index contributed by atoms with van der Waals surface area (Å²) in [5, 5.41) is 7.28. The molecule has 1 aromatic carbocycles. The van der Waals surface area contributed by atoms with Crippen LogP contribution in [0.15, 0.2) is 24.3 Å². The average Bonchev–Trinajstić information content (AvgIpc) is 2.38. The van der Waals surface area contributed by atoms with Crippen LogP contribution in [0.4, 0.5) is 18.9 Å². The predicted molar refractivity (Wildman–Crippen MR) is 68.5 cm³/mol. The molecule has 1 heterocycles. The molecule has 1 saturated heterocycles. The van der Waals surface area contributed by atoms with Crippen molar-refractivity contribution >= 4 is 11.5 Å². The van der Waals surface area contributed by atoms with Crippen molar-refractivity contribution < 1.29 is 13.2 Å². The largest absolute Gasteiger partial charge is 0.393 e. The number of benzene rings is 1. The molecular formula is C13H16F3N3. The molecule has 1 fully saturated rings. The second-order valence-corrected chi connectivity index (χ2v) is 4.79. The van der Waals surface area contributed by atoms with Gasteiger partial charge < -0.3 is 10.6 Å². The molecule has 0 spiro atoms. The van der Waals surface area contributed by atoms with Gasteiger partial charge in [0.25, 0.3) is 0 Å². The number of piperidine rings is 1. The minimum Gasteiger partial charge on any atom is -0.384 e. The number of alkyl halides is 3. The minimum atomic E-state index is -4.13. The molecular weight excluding hydrogens is 255 g/mol. The highest BCUT2D eigenvalue weighted by molar-refractivity contribution is 5.95. The van der Waals surface area contributed by atoms with Crippen molar-refractivity contribution in [3.63, 3.8) is 0 Å². The van der Waals surface area contributed by atoms with E-state index in [0.29, 0.717) is 18.5 Å². The first-order valence-electron chi connectivity index (χ1n) is 6.14. The molecule has 0 saturated carbocycles. The molecule has 0 aliphatic carbocycles. The Bertz CT molecular complexity index is 453. The summed E-state index contributed by atoms with van der Waals surface area (Å²) in [6.07, 6.45) is -3.39. The summed E-state index contributed by atoms with van der Waals surface area (Å²) >= 11 is 0. The fourth-order valence-electron chi connectivity index (χ4n) is 2.33. The van der Waals surface area contributed by atoms with Crippen molar-refractivity contribution in [1.29, 1.82) is 5.41 Å². The molecule has 1 atom stereocenters. The Morgan fingerprint density at radius 3 is 2.42 bits per heavy atom. The highest BCUT2D eigenvalue weighted by Crippen LogP contribution is 2.34. The van der Waals surface area contributed by atoms with Gasteiger partial charge in [0.2, 0.25) is 0 Å². The van der Waals surface area contributed by atoms with Crippen molar-refractivity contribution in [1.82, 2.24) is 0 Å². The van der Waals surface area contributed by atoms with Gasteiger partial charge in [-0.2, -0.15) is 13.2 Å². The number of amidine groups is 1. The van der Waals surface area contributed by atoms with Gasteiger partial charge in [0, 0.05) is 24.3 Å². The first-order chi connectivity index (χ1) is 8.88. The molecule has 1 aliphatic rings. The summed E-state index contributed by atoms with van der Waals surface area (Å²) in [4.78, 5) is 1.74. The highest BCUT2D eigenvalue weighted by atomic mass is 19.4. The zero-order chi connectivity index (χ0) is 14.0. The quantitative estimate of drug-likeness (QED) is 0.642. The second kappa shape index (κ2) is 5.11. The summed E-state index contributed by atoms with van der Waals surface area (Å²) in [5.74, 6) is -1.30. The maximum atomic E-state index is 12.7. The third kappa shape index (κ3) is 3.19. The van der Waals surface area contributed by atoms with Crippen LogP contribution >= 0.6 is 0 Å². The molecule has 0 aromatic heterocycles. The van der Waals surface area contributed by atoms with E-state index in [0.717, 1.165) is 5.69 Å². The molecule has 104 valence electrons. The van der Waals surface area contributed by atoms with Crippen LogP contribution in [-0.4, -0.2) is 25.1 Å². The summed E-state index contributed by atoms with van der Waals surface area (Å²) in [7, 11) is 0. The molecule has 1 aromatic rings. The maximum absolute atomic E-state index is 12.7. The Hall–Kier alpha value is -1.72. The molecule has 19 heavy (non-hydrogen) atoms. The van der Waals surface area contributed by atoms with Gasteiger partial charge in [0.15, 0.2) is 0 Å². The molecule has 0 radical (unpaired) electrons. The standard InChI is InChI=1S/C13H16F3N3/c14-13(15,16)10-2-1-7-19(8-10)11-5-3-9(4-6-11)12(17)18/h3-6,10H,1-2,7-8H2,(H3,17,18). The van der Waals surface area contributed by atoms with Gasteiger partial charge in [-0.25, -0.2) is 0 Å². The fourth-order valence-corrected chi connectivity index (χ4v) is 2.33. The Balaban J connectivity index is 2.11. The smallest absolute Gasteiger partial charge is 0.384 e. The summed E-state index contributed by atoms with van der Waals surface area (Å²) in [6.45, 7) is 0.634. The average molecular weight is 271 g/mol. The van der Waals surface area contributed by atoms with Gasteiger partial charge >= 0.3 is 6.18 Å². The lowest BCUT2D eigenvalue weighted by Gasteiger charge is -2.35. The molecule has 2 rings (SSSR count). The van der Waals surface area contributed by atoms with E-state index in [2.05, 4.69) is 0 Å². The van der Waals surface area contributed by atoms with E-state index in [9.17, 15) is 13.2 Å². The predicted octanol–water partition coefficient (Wildman–Crippen LogP) is 2.75. The number of anilines is 1. The van der Waals surface area contributed by atoms with Gasteiger partial charge in [-0.05, 0) is 37.1 Å². The van der Waals surface area contributed by atoms with Gasteiger partial charge in [-0.3, -0.25) is 5.41 Å². The third-order valence-electron chi connectivity index (χ3n) is 3.43. The number of nitrogen functional groups attached to an aromatic ring is 1. The van der Waals surface area contributed by atoms with Crippen LogP contribution in [0.2, 0.25) is 0 Å².